The molecule has 0 spiro atoms. The van der Waals surface area contributed by atoms with Gasteiger partial charge in [0.05, 0.1) is 5.39 Å². The van der Waals surface area contributed by atoms with Crippen molar-refractivity contribution in [2.75, 3.05) is 18.0 Å². The van der Waals surface area contributed by atoms with Crippen molar-refractivity contribution in [2.24, 2.45) is 0 Å². The molecule has 0 saturated carbocycles. The Kier molecular flexibility index (Phi) is 4.70. The van der Waals surface area contributed by atoms with E-state index >= 15 is 0 Å². The normalized spacial score (nSPS) is 10.8. The fraction of sp³-hybridized carbons (Fsp3) is 0.278. The Hall–Kier alpha value is -2.16. The topological polar surface area (TPSA) is 52.8 Å². The van der Waals surface area contributed by atoms with E-state index in [0.29, 0.717) is 15.7 Å². The fourth-order valence-electron chi connectivity index (χ4n) is 2.70. The summed E-state index contributed by atoms with van der Waals surface area (Å²) in [6.45, 7) is 7.87. The Labute approximate surface area is 150 Å². The number of benzene rings is 1. The molecule has 4 nitrogen and oxygen atoms in total. The number of nitrogens with zero attached hydrogens (tertiary/aromatic N) is 4. The van der Waals surface area contributed by atoms with Gasteiger partial charge in [-0.25, -0.2) is 9.97 Å². The highest BCUT2D eigenvalue weighted by atomic mass is 35.5. The number of nitriles is 1. The van der Waals surface area contributed by atoms with Gasteiger partial charge in [0.15, 0.2) is 5.82 Å². The quantitative estimate of drug-likeness (QED) is 0.657. The highest BCUT2D eigenvalue weighted by Crippen LogP contribution is 2.36. The largest absolute Gasteiger partial charge is 0.357 e. The number of aromatic nitrogens is 2. The maximum absolute atomic E-state index is 9.36. The number of fused-ring (bicyclic) bond motifs is 1. The molecule has 0 aliphatic carbocycles. The van der Waals surface area contributed by atoms with Crippen LogP contribution in [0.25, 0.3) is 21.6 Å². The van der Waals surface area contributed by atoms with Crippen molar-refractivity contribution < 1.29 is 0 Å². The molecule has 3 rings (SSSR count). The minimum Gasteiger partial charge on any atom is -0.357 e. The van der Waals surface area contributed by atoms with Crippen molar-refractivity contribution in [3.8, 4) is 17.5 Å². The van der Waals surface area contributed by atoms with Crippen LogP contribution in [-0.4, -0.2) is 23.1 Å². The first-order chi connectivity index (χ1) is 11.6. The Morgan fingerprint density at radius 2 is 1.83 bits per heavy atom. The average molecular weight is 357 g/mol. The van der Waals surface area contributed by atoms with Gasteiger partial charge in [0, 0.05) is 23.7 Å². The molecule has 0 N–H and O–H groups in total. The molecule has 0 radical (unpaired) electrons. The van der Waals surface area contributed by atoms with Crippen LogP contribution in [-0.2, 0) is 0 Å². The second-order valence-electron chi connectivity index (χ2n) is 5.40. The summed E-state index contributed by atoms with van der Waals surface area (Å²) >= 11 is 7.40. The molecule has 0 atom stereocenters. The zero-order chi connectivity index (χ0) is 17.3. The van der Waals surface area contributed by atoms with E-state index < -0.39 is 0 Å². The number of aryl methyl sites for hydroxylation is 1. The molecular formula is C18H17ClN4S. The first kappa shape index (κ1) is 16.7. The SMILES string of the molecule is CCN(CC)c1nc(-c2ccc(Cl)cc2)nc2sc(C#N)c(C)c12. The average Bonchev–Trinajstić information content (AvgIpc) is 2.92. The maximum atomic E-state index is 9.36. The first-order valence-corrected chi connectivity index (χ1v) is 9.00. The highest BCUT2D eigenvalue weighted by Gasteiger charge is 2.19. The summed E-state index contributed by atoms with van der Waals surface area (Å²) in [5.74, 6) is 1.55. The monoisotopic (exact) mass is 356 g/mol. The van der Waals surface area contributed by atoms with Crippen molar-refractivity contribution in [3.63, 3.8) is 0 Å². The number of hydrogen-bond acceptors (Lipinski definition) is 5. The van der Waals surface area contributed by atoms with Gasteiger partial charge in [-0.1, -0.05) is 11.6 Å². The summed E-state index contributed by atoms with van der Waals surface area (Å²) in [5, 5.41) is 11.0. The van der Waals surface area contributed by atoms with Crippen LogP contribution in [0.4, 0.5) is 5.82 Å². The summed E-state index contributed by atoms with van der Waals surface area (Å²) in [5.41, 5.74) is 1.88. The lowest BCUT2D eigenvalue weighted by molar-refractivity contribution is 0.850. The molecule has 2 heterocycles. The summed E-state index contributed by atoms with van der Waals surface area (Å²) in [4.78, 5) is 13.3. The van der Waals surface area contributed by atoms with Gasteiger partial charge in [0.1, 0.15) is 21.6 Å². The third kappa shape index (κ3) is 2.83. The Morgan fingerprint density at radius 1 is 1.17 bits per heavy atom. The molecule has 0 fully saturated rings. The van der Waals surface area contributed by atoms with Gasteiger partial charge in [0.2, 0.25) is 0 Å². The van der Waals surface area contributed by atoms with Crippen LogP contribution < -0.4 is 4.90 Å². The van der Waals surface area contributed by atoms with Crippen molar-refractivity contribution in [2.45, 2.75) is 20.8 Å². The van der Waals surface area contributed by atoms with Gasteiger partial charge in [-0.2, -0.15) is 5.26 Å². The lowest BCUT2D eigenvalue weighted by Crippen LogP contribution is -2.23. The molecule has 0 unspecified atom stereocenters. The number of halogens is 1. The van der Waals surface area contributed by atoms with E-state index in [1.54, 1.807) is 0 Å². The van der Waals surface area contributed by atoms with Gasteiger partial charge < -0.3 is 4.90 Å². The lowest BCUT2D eigenvalue weighted by atomic mass is 10.1. The Bertz CT molecular complexity index is 921. The number of thiophene rings is 1. The molecule has 122 valence electrons. The second-order valence-corrected chi connectivity index (χ2v) is 6.83. The van der Waals surface area contributed by atoms with E-state index in [0.717, 1.165) is 40.3 Å². The first-order valence-electron chi connectivity index (χ1n) is 7.81. The third-order valence-electron chi connectivity index (χ3n) is 4.04. The Balaban J connectivity index is 2.30. The van der Waals surface area contributed by atoms with Crippen LogP contribution in [0.3, 0.4) is 0 Å². The van der Waals surface area contributed by atoms with Crippen molar-refractivity contribution in [1.82, 2.24) is 9.97 Å². The molecule has 1 aromatic carbocycles. The van der Waals surface area contributed by atoms with Crippen LogP contribution in [0.2, 0.25) is 5.02 Å². The molecule has 0 bridgehead atoms. The van der Waals surface area contributed by atoms with Gasteiger partial charge in [-0.15, -0.1) is 11.3 Å². The van der Waals surface area contributed by atoms with Crippen LogP contribution >= 0.6 is 22.9 Å². The standard InChI is InChI=1S/C18H17ClN4S/c1-4-23(5-2)17-15-11(3)14(10-20)24-18(15)22-16(21-17)12-6-8-13(19)9-7-12/h6-9H,4-5H2,1-3H3. The molecule has 24 heavy (non-hydrogen) atoms. The predicted octanol–water partition coefficient (Wildman–Crippen LogP) is 5.04. The lowest BCUT2D eigenvalue weighted by Gasteiger charge is -2.21. The second kappa shape index (κ2) is 6.76. The smallest absolute Gasteiger partial charge is 0.163 e. The minimum atomic E-state index is 0.659. The summed E-state index contributed by atoms with van der Waals surface area (Å²) in [6, 6.07) is 9.77. The van der Waals surface area contributed by atoms with Gasteiger partial charge >= 0.3 is 0 Å². The van der Waals surface area contributed by atoms with Gasteiger partial charge in [-0.3, -0.25) is 0 Å². The predicted molar refractivity (Wildman–Crippen MR) is 101 cm³/mol. The van der Waals surface area contributed by atoms with Crippen LogP contribution in [0.15, 0.2) is 24.3 Å². The summed E-state index contributed by atoms with van der Waals surface area (Å²) in [6.07, 6.45) is 0. The molecule has 0 aliphatic heterocycles. The van der Waals surface area contributed by atoms with E-state index in [1.807, 2.05) is 31.2 Å². The highest BCUT2D eigenvalue weighted by molar-refractivity contribution is 7.19. The van der Waals surface area contributed by atoms with Crippen molar-refractivity contribution in [1.29, 1.82) is 5.26 Å². The molecule has 3 aromatic rings. The van der Waals surface area contributed by atoms with E-state index in [1.165, 1.54) is 11.3 Å². The zero-order valence-electron chi connectivity index (χ0n) is 13.8. The molecule has 0 saturated heterocycles. The Morgan fingerprint density at radius 3 is 2.42 bits per heavy atom. The molecule has 6 heteroatoms. The number of rotatable bonds is 4. The van der Waals surface area contributed by atoms with Crippen LogP contribution in [0, 0.1) is 18.3 Å². The molecule has 0 amide bonds. The zero-order valence-corrected chi connectivity index (χ0v) is 15.4. The van der Waals surface area contributed by atoms with E-state index in [2.05, 4.69) is 24.8 Å². The van der Waals surface area contributed by atoms with Crippen LogP contribution in [0.1, 0.15) is 24.3 Å². The molecular weight excluding hydrogens is 340 g/mol. The van der Waals surface area contributed by atoms with E-state index in [9.17, 15) is 5.26 Å². The number of hydrogen-bond donors (Lipinski definition) is 0. The van der Waals surface area contributed by atoms with E-state index in [4.69, 9.17) is 21.6 Å². The van der Waals surface area contributed by atoms with Crippen molar-refractivity contribution >= 4 is 39.0 Å². The van der Waals surface area contributed by atoms with Crippen LogP contribution in [0.5, 0.6) is 0 Å². The summed E-state index contributed by atoms with van der Waals surface area (Å²) in [7, 11) is 0. The summed E-state index contributed by atoms with van der Waals surface area (Å²) < 4.78 is 0. The molecule has 2 aromatic heterocycles. The minimum absolute atomic E-state index is 0.659. The third-order valence-corrected chi connectivity index (χ3v) is 5.38. The maximum Gasteiger partial charge on any atom is 0.163 e. The van der Waals surface area contributed by atoms with Gasteiger partial charge in [-0.05, 0) is 50.6 Å². The van der Waals surface area contributed by atoms with Crippen molar-refractivity contribution in [3.05, 3.63) is 39.7 Å². The fourth-order valence-corrected chi connectivity index (χ4v) is 3.80. The van der Waals surface area contributed by atoms with E-state index in [-0.39, 0.29) is 0 Å². The van der Waals surface area contributed by atoms with Gasteiger partial charge in [0.25, 0.3) is 0 Å². The number of anilines is 1. The molecule has 0 aliphatic rings.